The summed E-state index contributed by atoms with van der Waals surface area (Å²) in [6.07, 6.45) is 0. The standard InChI is InChI=1S/C42H29N3/c1-2-12-30(13-3-1)43(31-22-26-33(27-23-31)44-39-18-8-4-14-35(39)36-15-5-9-19-40(36)44)32-24-28-34(29-25-32)45-41-20-10-6-16-37(41)38-17-7-11-21-42(38)45/h1-29H/i22D,24D,26D,27D,28D,29D. The first-order valence-corrected chi connectivity index (χ1v) is 14.9. The van der Waals surface area contributed by atoms with E-state index in [4.69, 9.17) is 0 Å². The van der Waals surface area contributed by atoms with E-state index >= 15 is 0 Å². The average Bonchev–Trinajstić information content (AvgIpc) is 3.66. The van der Waals surface area contributed by atoms with Crippen LogP contribution in [0.2, 0.25) is 0 Å². The van der Waals surface area contributed by atoms with Crippen LogP contribution in [0.15, 0.2) is 176 Å². The van der Waals surface area contributed by atoms with Crippen LogP contribution >= 0.6 is 0 Å². The van der Waals surface area contributed by atoms with Crippen LogP contribution in [-0.4, -0.2) is 9.13 Å². The minimum Gasteiger partial charge on any atom is -0.311 e. The quantitative estimate of drug-likeness (QED) is 0.197. The highest BCUT2D eigenvalue weighted by molar-refractivity contribution is 6.10. The number of rotatable bonds is 5. The van der Waals surface area contributed by atoms with Crippen molar-refractivity contribution in [1.29, 1.82) is 0 Å². The summed E-state index contributed by atoms with van der Waals surface area (Å²) in [6.45, 7) is 0. The Morgan fingerprint density at radius 1 is 0.333 bits per heavy atom. The molecule has 212 valence electrons. The topological polar surface area (TPSA) is 13.1 Å². The van der Waals surface area contributed by atoms with Crippen LogP contribution in [0.4, 0.5) is 17.1 Å². The van der Waals surface area contributed by atoms with Gasteiger partial charge in [-0.1, -0.05) is 91.0 Å². The van der Waals surface area contributed by atoms with E-state index in [1.165, 1.54) is 0 Å². The second kappa shape index (κ2) is 10.3. The van der Waals surface area contributed by atoms with Crippen LogP contribution in [0, 0.1) is 0 Å². The summed E-state index contributed by atoms with van der Waals surface area (Å²) < 4.78 is 60.0. The minimum absolute atomic E-state index is 0.0315. The lowest BCUT2D eigenvalue weighted by atomic mass is 10.1. The van der Waals surface area contributed by atoms with Gasteiger partial charge in [-0.15, -0.1) is 0 Å². The Labute approximate surface area is 269 Å². The molecule has 0 aliphatic heterocycles. The number of anilines is 3. The minimum atomic E-state index is -0.143. The van der Waals surface area contributed by atoms with Crippen molar-refractivity contribution in [1.82, 2.24) is 9.13 Å². The third kappa shape index (κ3) is 4.05. The molecule has 9 rings (SSSR count). The van der Waals surface area contributed by atoms with Crippen molar-refractivity contribution < 1.29 is 8.22 Å². The maximum Gasteiger partial charge on any atom is 0.0646 e. The molecule has 7 aromatic carbocycles. The lowest BCUT2D eigenvalue weighted by Gasteiger charge is -2.26. The van der Waals surface area contributed by atoms with Gasteiger partial charge in [0.25, 0.3) is 0 Å². The number of hydrogen-bond acceptors (Lipinski definition) is 1. The van der Waals surface area contributed by atoms with E-state index in [0.717, 1.165) is 43.6 Å². The van der Waals surface area contributed by atoms with Gasteiger partial charge in [-0.2, -0.15) is 0 Å². The normalized spacial score (nSPS) is 13.4. The molecule has 0 N–H and O–H groups in total. The fourth-order valence-electron chi connectivity index (χ4n) is 6.46. The maximum atomic E-state index is 9.41. The van der Waals surface area contributed by atoms with Crippen LogP contribution in [0.1, 0.15) is 8.22 Å². The van der Waals surface area contributed by atoms with Crippen LogP contribution in [0.5, 0.6) is 0 Å². The van der Waals surface area contributed by atoms with E-state index in [0.29, 0.717) is 5.69 Å². The second-order valence-corrected chi connectivity index (χ2v) is 11.0. The van der Waals surface area contributed by atoms with Gasteiger partial charge < -0.3 is 14.0 Å². The van der Waals surface area contributed by atoms with Crippen LogP contribution < -0.4 is 4.90 Å². The number of hydrogen-bond donors (Lipinski definition) is 0. The van der Waals surface area contributed by atoms with Gasteiger partial charge in [-0.3, -0.25) is 0 Å². The Kier molecular flexibility index (Phi) is 4.57. The van der Waals surface area contributed by atoms with Crippen molar-refractivity contribution in [2.24, 2.45) is 0 Å². The summed E-state index contributed by atoms with van der Waals surface area (Å²) in [5.41, 5.74) is 4.88. The zero-order valence-electron chi connectivity index (χ0n) is 30.1. The predicted octanol–water partition coefficient (Wildman–Crippen LogP) is 11.4. The first kappa shape index (κ1) is 20.0. The third-order valence-corrected chi connectivity index (χ3v) is 8.41. The van der Waals surface area contributed by atoms with Gasteiger partial charge >= 0.3 is 0 Å². The number of para-hydroxylation sites is 5. The molecule has 0 spiro atoms. The molecule has 2 heterocycles. The summed E-state index contributed by atoms with van der Waals surface area (Å²) in [4.78, 5) is 1.63. The van der Waals surface area contributed by atoms with Crippen molar-refractivity contribution in [3.8, 4) is 11.4 Å². The highest BCUT2D eigenvalue weighted by atomic mass is 15.1. The Morgan fingerprint density at radius 2 is 0.689 bits per heavy atom. The molecule has 0 aliphatic carbocycles. The number of nitrogens with zero attached hydrogens (tertiary/aromatic N) is 3. The second-order valence-electron chi connectivity index (χ2n) is 11.0. The van der Waals surface area contributed by atoms with Gasteiger partial charge in [0.1, 0.15) is 0 Å². The van der Waals surface area contributed by atoms with Gasteiger partial charge in [0, 0.05) is 50.0 Å². The molecule has 0 fully saturated rings. The van der Waals surface area contributed by atoms with Gasteiger partial charge in [0.05, 0.1) is 30.3 Å². The Balaban J connectivity index is 1.28. The molecule has 0 bridgehead atoms. The molecule has 45 heavy (non-hydrogen) atoms. The van der Waals surface area contributed by atoms with Crippen LogP contribution in [0.3, 0.4) is 0 Å². The monoisotopic (exact) mass is 581 g/mol. The molecule has 0 radical (unpaired) electrons. The SMILES string of the molecule is [2H]c1cc(N(c2ccccc2)c2cc([2H])c(-n3c4ccccc4c4ccccc43)c([2H])c2[2H])c([2H])c([2H])c1-n1c2ccccc2c2ccccc21. The zero-order chi connectivity index (χ0) is 35.0. The van der Waals surface area contributed by atoms with E-state index in [2.05, 4.69) is 0 Å². The third-order valence-electron chi connectivity index (χ3n) is 8.41. The molecule has 0 saturated heterocycles. The number of benzene rings is 7. The van der Waals surface area contributed by atoms with Gasteiger partial charge in [0.2, 0.25) is 0 Å². The van der Waals surface area contributed by atoms with Crippen molar-refractivity contribution in [2.75, 3.05) is 4.90 Å². The fraction of sp³-hybridized carbons (Fsp3) is 0. The first-order chi connectivity index (χ1) is 24.8. The van der Waals surface area contributed by atoms with Gasteiger partial charge in [-0.05, 0) is 84.8 Å². The molecule has 0 unspecified atom stereocenters. The molecular weight excluding hydrogens is 546 g/mol. The number of fused-ring (bicyclic) bond motifs is 6. The molecule has 0 atom stereocenters. The molecule has 2 aromatic heterocycles. The Hall–Kier alpha value is -6.06. The molecule has 0 aliphatic rings. The van der Waals surface area contributed by atoms with E-state index in [9.17, 15) is 8.22 Å². The van der Waals surface area contributed by atoms with E-state index in [-0.39, 0.29) is 59.0 Å². The fourth-order valence-corrected chi connectivity index (χ4v) is 6.46. The summed E-state index contributed by atoms with van der Waals surface area (Å²) >= 11 is 0. The van der Waals surface area contributed by atoms with Crippen molar-refractivity contribution >= 4 is 60.7 Å². The van der Waals surface area contributed by atoms with Crippen molar-refractivity contribution in [3.05, 3.63) is 176 Å². The lowest BCUT2D eigenvalue weighted by Crippen LogP contribution is -2.10. The molecule has 0 amide bonds. The maximum absolute atomic E-state index is 9.41. The zero-order valence-corrected chi connectivity index (χ0v) is 24.1. The summed E-state index contributed by atoms with van der Waals surface area (Å²) in [6, 6.07) is 43.2. The van der Waals surface area contributed by atoms with Crippen molar-refractivity contribution in [3.63, 3.8) is 0 Å². The summed E-state index contributed by atoms with van der Waals surface area (Å²) in [5, 5.41) is 3.95. The number of aromatic nitrogens is 2. The largest absolute Gasteiger partial charge is 0.311 e. The first-order valence-electron chi connectivity index (χ1n) is 17.9. The molecule has 3 nitrogen and oxygen atoms in total. The highest BCUT2D eigenvalue weighted by Gasteiger charge is 2.16. The van der Waals surface area contributed by atoms with E-state index in [1.807, 2.05) is 137 Å². The molecular formula is C42H29N3. The average molecular weight is 582 g/mol. The van der Waals surface area contributed by atoms with Crippen LogP contribution in [0.25, 0.3) is 55.0 Å². The smallest absolute Gasteiger partial charge is 0.0646 e. The van der Waals surface area contributed by atoms with E-state index in [1.54, 1.807) is 17.0 Å². The Morgan fingerprint density at radius 3 is 1.09 bits per heavy atom. The summed E-state index contributed by atoms with van der Waals surface area (Å²) in [5.74, 6) is 0. The van der Waals surface area contributed by atoms with E-state index < -0.39 is 0 Å². The predicted molar refractivity (Wildman–Crippen MR) is 190 cm³/mol. The van der Waals surface area contributed by atoms with Crippen LogP contribution in [-0.2, 0) is 0 Å². The summed E-state index contributed by atoms with van der Waals surface area (Å²) in [7, 11) is 0. The molecule has 3 heteroatoms. The highest BCUT2D eigenvalue weighted by Crippen LogP contribution is 2.38. The van der Waals surface area contributed by atoms with Crippen molar-refractivity contribution in [2.45, 2.75) is 0 Å². The van der Waals surface area contributed by atoms with Gasteiger partial charge in [0.15, 0.2) is 0 Å². The Bertz CT molecular complexity index is 2560. The molecule has 0 saturated carbocycles. The lowest BCUT2D eigenvalue weighted by molar-refractivity contribution is 1.17. The van der Waals surface area contributed by atoms with Gasteiger partial charge in [-0.25, -0.2) is 0 Å². The molecule has 9 aromatic rings.